The minimum atomic E-state index is -3.30. The van der Waals surface area contributed by atoms with Crippen LogP contribution in [0.1, 0.15) is 0 Å². The first kappa shape index (κ1) is 20.7. The molecule has 0 spiro atoms. The molecule has 0 amide bonds. The Kier molecular flexibility index (Phi) is 5.05. The summed E-state index contributed by atoms with van der Waals surface area (Å²) in [6, 6.07) is 16.3. The molecule has 0 unspecified atom stereocenters. The molecule has 1 heterocycles. The number of halogens is 1. The van der Waals surface area contributed by atoms with Crippen molar-refractivity contribution in [3.05, 3.63) is 87.5 Å². The minimum absolute atomic E-state index is 0.0698. The van der Waals surface area contributed by atoms with Gasteiger partial charge in [-0.15, -0.1) is 0 Å². The molecule has 6 nitrogen and oxygen atoms in total. The van der Waals surface area contributed by atoms with Crippen molar-refractivity contribution < 1.29 is 13.5 Å². The maximum Gasteiger partial charge on any atom is 0.260 e. The molecule has 0 aliphatic heterocycles. The maximum atomic E-state index is 12.7. The maximum absolute atomic E-state index is 12.7. The summed E-state index contributed by atoms with van der Waals surface area (Å²) in [5.41, 5.74) is 2.05. The van der Waals surface area contributed by atoms with Gasteiger partial charge in [0.2, 0.25) is 5.69 Å². The number of sulfone groups is 1. The molecule has 0 aliphatic carbocycles. The van der Waals surface area contributed by atoms with Gasteiger partial charge in [-0.1, -0.05) is 41.9 Å². The van der Waals surface area contributed by atoms with E-state index in [1.165, 1.54) is 24.3 Å². The van der Waals surface area contributed by atoms with Gasteiger partial charge in [-0.05, 0) is 47.0 Å². The van der Waals surface area contributed by atoms with E-state index in [4.69, 9.17) is 18.2 Å². The number of nitrogens with one attached hydrogen (secondary N) is 1. The fourth-order valence-corrected chi connectivity index (χ4v) is 4.23. The number of pyridine rings is 1. The average molecular weight is 451 g/mol. The summed E-state index contributed by atoms with van der Waals surface area (Å²) in [5, 5.41) is 11.3. The van der Waals surface area contributed by atoms with Crippen molar-refractivity contribution in [2.75, 3.05) is 6.26 Å². The van der Waals surface area contributed by atoms with Gasteiger partial charge in [-0.2, -0.15) is 0 Å². The van der Waals surface area contributed by atoms with Gasteiger partial charge in [-0.25, -0.2) is 13.3 Å². The second kappa shape index (κ2) is 7.58. The van der Waals surface area contributed by atoms with E-state index in [0.717, 1.165) is 17.4 Å². The molecule has 4 aromatic rings. The van der Waals surface area contributed by atoms with Crippen molar-refractivity contribution in [1.29, 1.82) is 0 Å². The van der Waals surface area contributed by atoms with Crippen molar-refractivity contribution in [2.24, 2.45) is 0 Å². The van der Waals surface area contributed by atoms with E-state index in [-0.39, 0.29) is 26.9 Å². The highest BCUT2D eigenvalue weighted by molar-refractivity contribution is 7.90. The predicted octanol–water partition coefficient (Wildman–Crippen LogP) is 5.18. The molecule has 2 N–H and O–H groups in total. The lowest BCUT2D eigenvalue weighted by molar-refractivity contribution is 0.482. The van der Waals surface area contributed by atoms with Crippen LogP contribution in [0.4, 0.5) is 5.69 Å². The van der Waals surface area contributed by atoms with E-state index < -0.39 is 15.4 Å². The van der Waals surface area contributed by atoms with Crippen LogP contribution < -0.4 is 5.56 Å². The molecule has 0 saturated carbocycles. The summed E-state index contributed by atoms with van der Waals surface area (Å²) in [4.78, 5) is 19.0. The number of aromatic amines is 1. The Bertz CT molecular complexity index is 1550. The third kappa shape index (κ3) is 3.79. The molecule has 4 rings (SSSR count). The number of fused-ring (bicyclic) bond motifs is 1. The summed E-state index contributed by atoms with van der Waals surface area (Å²) in [5.74, 6) is -0.245. The SMILES string of the molecule is [C-]#[N+]c1cc2c(O)c(-c3cccc(-c4ccc(S(C)(=O)=O)cc4)c3)c(=O)[nH]c2cc1Cl. The molecule has 0 saturated heterocycles. The number of nitrogens with zero attached hydrogens (tertiary/aromatic N) is 1. The van der Waals surface area contributed by atoms with Crippen LogP contribution in [0.2, 0.25) is 5.02 Å². The third-order valence-corrected chi connectivity index (χ3v) is 6.37. The van der Waals surface area contributed by atoms with Gasteiger partial charge in [0.15, 0.2) is 9.84 Å². The molecule has 0 radical (unpaired) electrons. The number of hydrogen-bond acceptors (Lipinski definition) is 4. The largest absolute Gasteiger partial charge is 0.506 e. The average Bonchev–Trinajstić information content (AvgIpc) is 2.73. The van der Waals surface area contributed by atoms with Crippen molar-refractivity contribution >= 4 is 38.0 Å². The molecule has 31 heavy (non-hydrogen) atoms. The van der Waals surface area contributed by atoms with Crippen LogP contribution in [0.3, 0.4) is 0 Å². The Balaban J connectivity index is 1.87. The second-order valence-corrected chi connectivity index (χ2v) is 9.44. The van der Waals surface area contributed by atoms with E-state index in [1.54, 1.807) is 30.3 Å². The lowest BCUT2D eigenvalue weighted by Crippen LogP contribution is -2.09. The highest BCUT2D eigenvalue weighted by Crippen LogP contribution is 2.38. The lowest BCUT2D eigenvalue weighted by atomic mass is 9.98. The molecule has 0 bridgehead atoms. The third-order valence-electron chi connectivity index (χ3n) is 4.94. The molecule has 0 fully saturated rings. The quantitative estimate of drug-likeness (QED) is 0.421. The summed E-state index contributed by atoms with van der Waals surface area (Å²) >= 11 is 6.04. The van der Waals surface area contributed by atoms with Gasteiger partial charge in [0.05, 0.1) is 22.5 Å². The van der Waals surface area contributed by atoms with Gasteiger partial charge in [0.25, 0.3) is 5.56 Å². The molecule has 0 aliphatic rings. The van der Waals surface area contributed by atoms with Crippen molar-refractivity contribution in [3.63, 3.8) is 0 Å². The molecule has 1 aromatic heterocycles. The minimum Gasteiger partial charge on any atom is -0.506 e. The van der Waals surface area contributed by atoms with Crippen LogP contribution in [0.5, 0.6) is 5.75 Å². The van der Waals surface area contributed by atoms with E-state index >= 15 is 0 Å². The monoisotopic (exact) mass is 450 g/mol. The molecule has 3 aromatic carbocycles. The fourth-order valence-electron chi connectivity index (χ4n) is 3.39. The number of rotatable bonds is 3. The van der Waals surface area contributed by atoms with Gasteiger partial charge in [-0.3, -0.25) is 4.79 Å². The topological polar surface area (TPSA) is 91.6 Å². The number of aromatic hydroxyl groups is 1. The zero-order chi connectivity index (χ0) is 22.3. The van der Waals surface area contributed by atoms with Crippen molar-refractivity contribution in [3.8, 4) is 28.0 Å². The van der Waals surface area contributed by atoms with Gasteiger partial charge in [0.1, 0.15) is 5.75 Å². The molecule has 0 atom stereocenters. The van der Waals surface area contributed by atoms with E-state index in [9.17, 15) is 18.3 Å². The standard InChI is InChI=1S/C23H15ClN2O4S/c1-25-20-11-17-19(12-18(20)24)26-23(28)21(22(17)27)15-5-3-4-14(10-15)13-6-8-16(9-7-13)31(2,29)30/h3-12H,2H3,(H2,26,27,28). The highest BCUT2D eigenvalue weighted by Gasteiger charge is 2.16. The van der Waals surface area contributed by atoms with E-state index in [0.29, 0.717) is 16.5 Å². The molecule has 8 heteroatoms. The molecular weight excluding hydrogens is 436 g/mol. The molecule has 154 valence electrons. The number of H-pyrrole nitrogens is 1. The highest BCUT2D eigenvalue weighted by atomic mass is 35.5. The second-order valence-electron chi connectivity index (χ2n) is 7.02. The van der Waals surface area contributed by atoms with Crippen LogP contribution in [-0.2, 0) is 9.84 Å². The zero-order valence-corrected chi connectivity index (χ0v) is 17.8. The van der Waals surface area contributed by atoms with Crippen LogP contribution in [0.15, 0.2) is 70.4 Å². The van der Waals surface area contributed by atoms with Crippen LogP contribution in [0, 0.1) is 6.57 Å². The summed E-state index contributed by atoms with van der Waals surface area (Å²) in [6.45, 7) is 7.22. The van der Waals surface area contributed by atoms with Crippen molar-refractivity contribution in [1.82, 2.24) is 4.98 Å². The zero-order valence-electron chi connectivity index (χ0n) is 16.2. The Morgan fingerprint density at radius 3 is 2.32 bits per heavy atom. The lowest BCUT2D eigenvalue weighted by Gasteiger charge is -2.11. The summed E-state index contributed by atoms with van der Waals surface area (Å²) < 4.78 is 23.4. The normalized spacial score (nSPS) is 11.4. The number of benzene rings is 3. The van der Waals surface area contributed by atoms with E-state index in [2.05, 4.69) is 9.83 Å². The van der Waals surface area contributed by atoms with Crippen LogP contribution in [-0.4, -0.2) is 24.8 Å². The van der Waals surface area contributed by atoms with Gasteiger partial charge >= 0.3 is 0 Å². The Hall–Kier alpha value is -3.60. The van der Waals surface area contributed by atoms with Gasteiger partial charge < -0.3 is 10.1 Å². The smallest absolute Gasteiger partial charge is 0.260 e. The first-order chi connectivity index (χ1) is 14.7. The Labute approximate surface area is 183 Å². The van der Waals surface area contributed by atoms with Crippen molar-refractivity contribution in [2.45, 2.75) is 4.90 Å². The Morgan fingerprint density at radius 1 is 1.00 bits per heavy atom. The molecular formula is C23H15ClN2O4S. The van der Waals surface area contributed by atoms with Gasteiger partial charge in [0, 0.05) is 16.7 Å². The Morgan fingerprint density at radius 2 is 1.68 bits per heavy atom. The van der Waals surface area contributed by atoms with Crippen LogP contribution in [0.25, 0.3) is 38.0 Å². The summed E-state index contributed by atoms with van der Waals surface area (Å²) in [7, 11) is -3.30. The first-order valence-electron chi connectivity index (χ1n) is 9.06. The predicted molar refractivity (Wildman–Crippen MR) is 121 cm³/mol. The summed E-state index contributed by atoms with van der Waals surface area (Å²) in [6.07, 6.45) is 1.14. The number of hydrogen-bond donors (Lipinski definition) is 2. The first-order valence-corrected chi connectivity index (χ1v) is 11.3. The number of aromatic nitrogens is 1. The van der Waals surface area contributed by atoms with E-state index in [1.807, 2.05) is 6.07 Å². The van der Waals surface area contributed by atoms with Crippen LogP contribution >= 0.6 is 11.6 Å². The fraction of sp³-hybridized carbons (Fsp3) is 0.0435.